The zero-order valence-corrected chi connectivity index (χ0v) is 8.36. The summed E-state index contributed by atoms with van der Waals surface area (Å²) in [5.41, 5.74) is 0. The summed E-state index contributed by atoms with van der Waals surface area (Å²) >= 11 is 1.58. The number of fused-ring (bicyclic) bond motifs is 1. The Morgan fingerprint density at radius 1 is 1.33 bits per heavy atom. The molecule has 0 fully saturated rings. The fourth-order valence-corrected chi connectivity index (χ4v) is 2.02. The second-order valence-corrected chi connectivity index (χ2v) is 3.75. The lowest BCUT2D eigenvalue weighted by Crippen LogP contribution is -1.92. The van der Waals surface area contributed by atoms with E-state index in [1.165, 1.54) is 12.7 Å². The molecule has 0 atom stereocenters. The van der Waals surface area contributed by atoms with E-state index in [2.05, 4.69) is 20.3 Å². The molecule has 0 aliphatic rings. The van der Waals surface area contributed by atoms with Crippen molar-refractivity contribution in [2.24, 2.45) is 0 Å². The van der Waals surface area contributed by atoms with Crippen LogP contribution in [0.15, 0.2) is 34.8 Å². The normalized spacial score (nSPS) is 10.7. The lowest BCUT2D eigenvalue weighted by molar-refractivity contribution is 0.574. The molecule has 3 aromatic heterocycles. The zero-order valence-electron chi connectivity index (χ0n) is 7.54. The van der Waals surface area contributed by atoms with E-state index in [1.807, 2.05) is 11.4 Å². The van der Waals surface area contributed by atoms with Gasteiger partial charge in [-0.3, -0.25) is 0 Å². The Balaban J connectivity index is 2.07. The number of hydrogen-bond donors (Lipinski definition) is 1. The molecule has 0 aliphatic carbocycles. The van der Waals surface area contributed by atoms with Crippen LogP contribution in [0.2, 0.25) is 0 Å². The lowest BCUT2D eigenvalue weighted by Gasteiger charge is -2.01. The van der Waals surface area contributed by atoms with E-state index in [9.17, 15) is 0 Å². The Morgan fingerprint density at radius 3 is 3.20 bits per heavy atom. The first-order valence-corrected chi connectivity index (χ1v) is 5.15. The Morgan fingerprint density at radius 2 is 2.33 bits per heavy atom. The molecule has 1 N–H and O–H groups in total. The highest BCUT2D eigenvalue weighted by atomic mass is 32.1. The highest BCUT2D eigenvalue weighted by Crippen LogP contribution is 2.25. The average molecular weight is 218 g/mol. The van der Waals surface area contributed by atoms with Crippen LogP contribution in [-0.4, -0.2) is 15.0 Å². The van der Waals surface area contributed by atoms with Crippen LogP contribution >= 0.6 is 11.3 Å². The summed E-state index contributed by atoms with van der Waals surface area (Å²) in [6.07, 6.45) is 4.49. The van der Waals surface area contributed by atoms with Crippen LogP contribution in [0.4, 0.5) is 11.7 Å². The van der Waals surface area contributed by atoms with Gasteiger partial charge < -0.3 is 9.73 Å². The standard InChI is InChI=1S/C9H6N4OS/c1-2-15-9-6(1)8(11-4-12-9)13-7-3-10-5-14-7/h1-5H,(H,11,12,13). The van der Waals surface area contributed by atoms with Gasteiger partial charge in [0.05, 0.1) is 11.6 Å². The van der Waals surface area contributed by atoms with Gasteiger partial charge in [-0.25, -0.2) is 15.0 Å². The van der Waals surface area contributed by atoms with Crippen LogP contribution in [0.1, 0.15) is 0 Å². The van der Waals surface area contributed by atoms with Gasteiger partial charge >= 0.3 is 0 Å². The van der Waals surface area contributed by atoms with Crippen molar-refractivity contribution in [1.29, 1.82) is 0 Å². The van der Waals surface area contributed by atoms with E-state index in [0.29, 0.717) is 5.88 Å². The maximum absolute atomic E-state index is 5.08. The third-order valence-electron chi connectivity index (χ3n) is 1.94. The van der Waals surface area contributed by atoms with Gasteiger partial charge in [0.2, 0.25) is 5.88 Å². The van der Waals surface area contributed by atoms with Crippen LogP contribution in [0.25, 0.3) is 10.2 Å². The zero-order chi connectivity index (χ0) is 10.1. The van der Waals surface area contributed by atoms with Crippen LogP contribution in [0, 0.1) is 0 Å². The molecule has 3 heterocycles. The fourth-order valence-electron chi connectivity index (χ4n) is 1.28. The number of nitrogens with one attached hydrogen (secondary N) is 1. The second-order valence-electron chi connectivity index (χ2n) is 2.85. The molecular weight excluding hydrogens is 212 g/mol. The lowest BCUT2D eigenvalue weighted by atomic mass is 10.4. The quantitative estimate of drug-likeness (QED) is 0.715. The summed E-state index contributed by atoms with van der Waals surface area (Å²) in [6.45, 7) is 0. The van der Waals surface area contributed by atoms with Crippen molar-refractivity contribution in [3.8, 4) is 0 Å². The van der Waals surface area contributed by atoms with Crippen LogP contribution in [-0.2, 0) is 0 Å². The van der Waals surface area contributed by atoms with Crippen molar-refractivity contribution in [3.63, 3.8) is 0 Å². The number of oxazole rings is 1. The molecular formula is C9H6N4OS. The molecule has 6 heteroatoms. The third kappa shape index (κ3) is 1.44. The van der Waals surface area contributed by atoms with Gasteiger partial charge in [-0.15, -0.1) is 11.3 Å². The molecule has 74 valence electrons. The van der Waals surface area contributed by atoms with E-state index in [1.54, 1.807) is 17.5 Å². The fraction of sp³-hybridized carbons (Fsp3) is 0. The Bertz CT molecular complexity index is 575. The maximum atomic E-state index is 5.08. The topological polar surface area (TPSA) is 63.8 Å². The first kappa shape index (κ1) is 8.37. The number of aromatic nitrogens is 3. The summed E-state index contributed by atoms with van der Waals surface area (Å²) in [5, 5.41) is 6.00. The summed E-state index contributed by atoms with van der Waals surface area (Å²) in [6, 6.07) is 1.97. The van der Waals surface area contributed by atoms with E-state index in [0.717, 1.165) is 16.0 Å². The highest BCUT2D eigenvalue weighted by molar-refractivity contribution is 7.16. The molecule has 0 amide bonds. The largest absolute Gasteiger partial charge is 0.428 e. The summed E-state index contributed by atoms with van der Waals surface area (Å²) in [4.78, 5) is 13.1. The van der Waals surface area contributed by atoms with Gasteiger partial charge in [-0.05, 0) is 11.4 Å². The summed E-state index contributed by atoms with van der Waals surface area (Å²) in [5.74, 6) is 1.30. The van der Waals surface area contributed by atoms with Crippen molar-refractivity contribution < 1.29 is 4.42 Å². The molecule has 0 spiro atoms. The smallest absolute Gasteiger partial charge is 0.218 e. The SMILES string of the molecule is c1nc(Nc2cnco2)c2ccsc2n1. The molecule has 3 aromatic rings. The number of nitrogens with zero attached hydrogens (tertiary/aromatic N) is 3. The van der Waals surface area contributed by atoms with E-state index < -0.39 is 0 Å². The number of hydrogen-bond acceptors (Lipinski definition) is 6. The molecule has 0 aromatic carbocycles. The minimum atomic E-state index is 0.571. The molecule has 0 bridgehead atoms. The van der Waals surface area contributed by atoms with Crippen molar-refractivity contribution >= 4 is 33.3 Å². The van der Waals surface area contributed by atoms with Crippen molar-refractivity contribution in [1.82, 2.24) is 15.0 Å². The Labute approximate surface area is 88.8 Å². The molecule has 0 unspecified atom stereocenters. The highest BCUT2D eigenvalue weighted by Gasteiger charge is 2.05. The molecule has 0 radical (unpaired) electrons. The van der Waals surface area contributed by atoms with Crippen LogP contribution in [0.3, 0.4) is 0 Å². The third-order valence-corrected chi connectivity index (χ3v) is 2.76. The maximum Gasteiger partial charge on any atom is 0.218 e. The van der Waals surface area contributed by atoms with Crippen LogP contribution in [0.5, 0.6) is 0 Å². The van der Waals surface area contributed by atoms with E-state index in [4.69, 9.17) is 4.42 Å². The minimum Gasteiger partial charge on any atom is -0.428 e. The Hall–Kier alpha value is -1.95. The monoisotopic (exact) mass is 218 g/mol. The van der Waals surface area contributed by atoms with Crippen molar-refractivity contribution in [2.75, 3.05) is 5.32 Å². The second kappa shape index (κ2) is 3.32. The van der Waals surface area contributed by atoms with Crippen molar-refractivity contribution in [3.05, 3.63) is 30.4 Å². The van der Waals surface area contributed by atoms with E-state index >= 15 is 0 Å². The number of thiophene rings is 1. The molecule has 0 saturated heterocycles. The van der Waals surface area contributed by atoms with Gasteiger partial charge in [-0.2, -0.15) is 0 Å². The molecule has 5 nitrogen and oxygen atoms in total. The first-order valence-electron chi connectivity index (χ1n) is 4.27. The van der Waals surface area contributed by atoms with Gasteiger partial charge in [0.15, 0.2) is 6.39 Å². The molecule has 3 rings (SSSR count). The van der Waals surface area contributed by atoms with Gasteiger partial charge in [0, 0.05) is 0 Å². The predicted octanol–water partition coefficient (Wildman–Crippen LogP) is 2.42. The Kier molecular flexibility index (Phi) is 1.85. The summed E-state index contributed by atoms with van der Waals surface area (Å²) < 4.78 is 5.08. The van der Waals surface area contributed by atoms with Gasteiger partial charge in [0.25, 0.3) is 0 Å². The van der Waals surface area contributed by atoms with Crippen LogP contribution < -0.4 is 5.32 Å². The van der Waals surface area contributed by atoms with E-state index in [-0.39, 0.29) is 0 Å². The summed E-state index contributed by atoms with van der Waals surface area (Å²) in [7, 11) is 0. The average Bonchev–Trinajstić information content (AvgIpc) is 2.87. The molecule has 15 heavy (non-hydrogen) atoms. The van der Waals surface area contributed by atoms with Gasteiger partial charge in [0.1, 0.15) is 17.0 Å². The van der Waals surface area contributed by atoms with Crippen molar-refractivity contribution in [2.45, 2.75) is 0 Å². The number of anilines is 2. The predicted molar refractivity (Wildman–Crippen MR) is 57.2 cm³/mol. The minimum absolute atomic E-state index is 0.571. The number of rotatable bonds is 2. The molecule has 0 saturated carbocycles. The molecule has 0 aliphatic heterocycles. The first-order chi connectivity index (χ1) is 7.43. The van der Waals surface area contributed by atoms with Gasteiger partial charge in [-0.1, -0.05) is 0 Å².